The van der Waals surface area contributed by atoms with Crippen LogP contribution >= 0.6 is 0 Å². The van der Waals surface area contributed by atoms with E-state index in [0.717, 1.165) is 11.1 Å². The van der Waals surface area contributed by atoms with Crippen molar-refractivity contribution in [3.8, 4) is 28.7 Å². The summed E-state index contributed by atoms with van der Waals surface area (Å²) >= 11 is 0. The van der Waals surface area contributed by atoms with E-state index in [1.807, 2.05) is 54.6 Å². The average Bonchev–Trinajstić information content (AvgIpc) is 2.81. The summed E-state index contributed by atoms with van der Waals surface area (Å²) in [4.78, 5) is 12.9. The van der Waals surface area contributed by atoms with Crippen molar-refractivity contribution in [1.29, 1.82) is 0 Å². The highest BCUT2D eigenvalue weighted by atomic mass is 16.5. The van der Waals surface area contributed by atoms with E-state index >= 15 is 0 Å². The van der Waals surface area contributed by atoms with Crippen LogP contribution in [-0.4, -0.2) is 32.2 Å². The summed E-state index contributed by atoms with van der Waals surface area (Å²) in [6.45, 7) is 0.407. The zero-order valence-electron chi connectivity index (χ0n) is 17.6. The molecule has 31 heavy (non-hydrogen) atoms. The summed E-state index contributed by atoms with van der Waals surface area (Å²) in [5, 5.41) is 10.6. The smallest absolute Gasteiger partial charge is 0.204 e. The molecule has 0 bridgehead atoms. The average molecular weight is 420 g/mol. The van der Waals surface area contributed by atoms with E-state index in [0.29, 0.717) is 12.4 Å². The van der Waals surface area contributed by atoms with Crippen LogP contribution < -0.4 is 18.9 Å². The van der Waals surface area contributed by atoms with Crippen LogP contribution in [0.25, 0.3) is 6.08 Å². The van der Waals surface area contributed by atoms with E-state index in [1.165, 1.54) is 33.5 Å². The SMILES string of the molecule is COc1cc(OC)c(C(=O)C=Cc2ccccc2OCc2ccccc2)c(O)c1OC. The molecule has 0 radical (unpaired) electrons. The lowest BCUT2D eigenvalue weighted by Gasteiger charge is -2.15. The van der Waals surface area contributed by atoms with Crippen LogP contribution in [0.5, 0.6) is 28.7 Å². The first-order valence-corrected chi connectivity index (χ1v) is 9.59. The predicted octanol–water partition coefficient (Wildman–Crippen LogP) is 4.89. The van der Waals surface area contributed by atoms with Gasteiger partial charge in [0.1, 0.15) is 23.7 Å². The van der Waals surface area contributed by atoms with Crippen molar-refractivity contribution in [3.05, 3.63) is 83.4 Å². The summed E-state index contributed by atoms with van der Waals surface area (Å²) in [5.74, 6) is 0.344. The van der Waals surface area contributed by atoms with E-state index < -0.39 is 5.78 Å². The fraction of sp³-hybridized carbons (Fsp3) is 0.160. The Morgan fingerprint density at radius 1 is 0.871 bits per heavy atom. The summed E-state index contributed by atoms with van der Waals surface area (Å²) in [5.41, 5.74) is 1.75. The first kappa shape index (κ1) is 21.8. The molecule has 0 aliphatic carbocycles. The quantitative estimate of drug-likeness (QED) is 0.392. The van der Waals surface area contributed by atoms with E-state index in [4.69, 9.17) is 18.9 Å². The van der Waals surface area contributed by atoms with Crippen LogP contribution in [0, 0.1) is 0 Å². The van der Waals surface area contributed by atoms with Crippen molar-refractivity contribution in [2.24, 2.45) is 0 Å². The third-order valence-corrected chi connectivity index (χ3v) is 4.65. The van der Waals surface area contributed by atoms with Gasteiger partial charge in [-0.2, -0.15) is 0 Å². The number of aromatic hydroxyl groups is 1. The molecule has 1 N–H and O–H groups in total. The van der Waals surface area contributed by atoms with Gasteiger partial charge in [-0.05, 0) is 23.8 Å². The van der Waals surface area contributed by atoms with Crippen LogP contribution in [0.1, 0.15) is 21.5 Å². The standard InChI is InChI=1S/C25H24O6/c1-28-21-15-22(29-2)25(30-3)24(27)23(21)19(26)14-13-18-11-7-8-12-20(18)31-16-17-9-5-4-6-10-17/h4-15,27H,16H2,1-3H3. The van der Waals surface area contributed by atoms with Gasteiger partial charge >= 0.3 is 0 Å². The second-order valence-electron chi connectivity index (χ2n) is 6.55. The zero-order chi connectivity index (χ0) is 22.2. The monoisotopic (exact) mass is 420 g/mol. The molecule has 0 saturated carbocycles. The Bertz CT molecular complexity index is 1070. The molecule has 0 heterocycles. The third-order valence-electron chi connectivity index (χ3n) is 4.65. The van der Waals surface area contributed by atoms with E-state index in [9.17, 15) is 9.90 Å². The minimum atomic E-state index is -0.451. The molecule has 0 spiro atoms. The van der Waals surface area contributed by atoms with E-state index in [2.05, 4.69) is 0 Å². The minimum Gasteiger partial charge on any atom is -0.504 e. The van der Waals surface area contributed by atoms with Crippen LogP contribution in [-0.2, 0) is 6.61 Å². The number of carbonyl (C=O) groups is 1. The van der Waals surface area contributed by atoms with Crippen LogP contribution in [0.3, 0.4) is 0 Å². The maximum absolute atomic E-state index is 12.9. The Hall–Kier alpha value is -3.93. The second kappa shape index (κ2) is 10.2. The molecule has 0 saturated heterocycles. The molecule has 0 atom stereocenters. The van der Waals surface area contributed by atoms with Gasteiger partial charge in [0.2, 0.25) is 5.75 Å². The number of rotatable bonds is 9. The number of ether oxygens (including phenoxy) is 4. The number of hydrogen-bond donors (Lipinski definition) is 1. The van der Waals surface area contributed by atoms with Crippen LogP contribution in [0.15, 0.2) is 66.7 Å². The Morgan fingerprint density at radius 2 is 1.55 bits per heavy atom. The van der Waals surface area contributed by atoms with Gasteiger partial charge in [-0.25, -0.2) is 0 Å². The molecule has 6 heteroatoms. The Balaban J connectivity index is 1.87. The van der Waals surface area contributed by atoms with Gasteiger partial charge in [0, 0.05) is 11.6 Å². The van der Waals surface area contributed by atoms with Crippen molar-refractivity contribution in [1.82, 2.24) is 0 Å². The number of methoxy groups -OCH3 is 3. The molecule has 3 aromatic rings. The van der Waals surface area contributed by atoms with E-state index in [1.54, 1.807) is 6.08 Å². The third kappa shape index (κ3) is 4.98. The topological polar surface area (TPSA) is 74.2 Å². The lowest BCUT2D eigenvalue weighted by atomic mass is 10.0. The largest absolute Gasteiger partial charge is 0.504 e. The first-order valence-electron chi connectivity index (χ1n) is 9.59. The minimum absolute atomic E-state index is 0.0147. The van der Waals surface area contributed by atoms with Gasteiger partial charge in [0.25, 0.3) is 0 Å². The fourth-order valence-electron chi connectivity index (χ4n) is 3.09. The highest BCUT2D eigenvalue weighted by molar-refractivity contribution is 6.11. The highest BCUT2D eigenvalue weighted by Crippen LogP contribution is 2.44. The van der Waals surface area contributed by atoms with Crippen LogP contribution in [0.4, 0.5) is 0 Å². The molecule has 160 valence electrons. The number of carbonyl (C=O) groups excluding carboxylic acids is 1. The molecule has 3 aromatic carbocycles. The number of benzene rings is 3. The highest BCUT2D eigenvalue weighted by Gasteiger charge is 2.23. The molecule has 0 fully saturated rings. The maximum atomic E-state index is 12.9. The molecule has 0 amide bonds. The predicted molar refractivity (Wildman–Crippen MR) is 118 cm³/mol. The molecule has 6 nitrogen and oxygen atoms in total. The molecular formula is C25H24O6. The molecule has 0 aromatic heterocycles. The van der Waals surface area contributed by atoms with E-state index in [-0.39, 0.29) is 28.6 Å². The van der Waals surface area contributed by atoms with Gasteiger partial charge in [0.05, 0.1) is 21.3 Å². The normalized spacial score (nSPS) is 10.7. The van der Waals surface area contributed by atoms with Crippen molar-refractivity contribution in [2.75, 3.05) is 21.3 Å². The van der Waals surface area contributed by atoms with Gasteiger partial charge in [-0.3, -0.25) is 4.79 Å². The lowest BCUT2D eigenvalue weighted by molar-refractivity contribution is 0.104. The summed E-state index contributed by atoms with van der Waals surface area (Å²) in [7, 11) is 4.23. The molecule has 0 unspecified atom stereocenters. The van der Waals surface area contributed by atoms with Gasteiger partial charge in [-0.15, -0.1) is 0 Å². The summed E-state index contributed by atoms with van der Waals surface area (Å²) in [6, 6.07) is 18.7. The zero-order valence-corrected chi connectivity index (χ0v) is 17.6. The van der Waals surface area contributed by atoms with Crippen molar-refractivity contribution in [2.45, 2.75) is 6.61 Å². The number of para-hydroxylation sites is 1. The van der Waals surface area contributed by atoms with Crippen molar-refractivity contribution < 1.29 is 28.8 Å². The van der Waals surface area contributed by atoms with Gasteiger partial charge in [-0.1, -0.05) is 48.5 Å². The number of hydrogen-bond acceptors (Lipinski definition) is 6. The molecule has 0 aliphatic rings. The number of phenolic OH excluding ortho intramolecular Hbond substituents is 1. The first-order chi connectivity index (χ1) is 15.1. The Morgan fingerprint density at radius 3 is 2.23 bits per heavy atom. The number of ketones is 1. The van der Waals surface area contributed by atoms with Gasteiger partial charge in [0.15, 0.2) is 17.3 Å². The number of phenols is 1. The maximum Gasteiger partial charge on any atom is 0.204 e. The molecule has 0 aliphatic heterocycles. The molecular weight excluding hydrogens is 396 g/mol. The summed E-state index contributed by atoms with van der Waals surface area (Å²) in [6.07, 6.45) is 2.99. The molecule has 3 rings (SSSR count). The van der Waals surface area contributed by atoms with Crippen LogP contribution in [0.2, 0.25) is 0 Å². The second-order valence-corrected chi connectivity index (χ2v) is 6.55. The Kier molecular flexibility index (Phi) is 7.17. The number of allylic oxidation sites excluding steroid dienone is 1. The Labute approximate surface area is 181 Å². The van der Waals surface area contributed by atoms with Crippen molar-refractivity contribution >= 4 is 11.9 Å². The van der Waals surface area contributed by atoms with Gasteiger partial charge < -0.3 is 24.1 Å². The fourth-order valence-corrected chi connectivity index (χ4v) is 3.09. The lowest BCUT2D eigenvalue weighted by Crippen LogP contribution is -2.03. The summed E-state index contributed by atoms with van der Waals surface area (Å²) < 4.78 is 21.6. The van der Waals surface area contributed by atoms with Crippen molar-refractivity contribution in [3.63, 3.8) is 0 Å².